The normalized spacial score (nSPS) is 10.2. The Bertz CT molecular complexity index is 870. The van der Waals surface area contributed by atoms with Gasteiger partial charge in [-0.1, -0.05) is 29.3 Å². The van der Waals surface area contributed by atoms with Gasteiger partial charge in [0.25, 0.3) is 5.91 Å². The lowest BCUT2D eigenvalue weighted by Crippen LogP contribution is -2.11. The van der Waals surface area contributed by atoms with Crippen LogP contribution in [0.15, 0.2) is 61.1 Å². The molecule has 120 valence electrons. The summed E-state index contributed by atoms with van der Waals surface area (Å²) in [6, 6.07) is 11.6. The van der Waals surface area contributed by atoms with E-state index in [2.05, 4.69) is 15.3 Å². The highest BCUT2D eigenvalue weighted by Crippen LogP contribution is 2.22. The molecule has 1 aromatic carbocycles. The number of rotatable bonds is 4. The number of pyridine rings is 2. The van der Waals surface area contributed by atoms with Crippen LogP contribution in [0, 0.1) is 0 Å². The second kappa shape index (κ2) is 7.29. The van der Waals surface area contributed by atoms with Crippen molar-refractivity contribution in [1.29, 1.82) is 0 Å². The fourth-order valence-corrected chi connectivity index (χ4v) is 2.27. The van der Waals surface area contributed by atoms with Crippen LogP contribution in [0.5, 0.6) is 11.6 Å². The number of hydrogen-bond acceptors (Lipinski definition) is 4. The quantitative estimate of drug-likeness (QED) is 0.724. The van der Waals surface area contributed by atoms with Crippen molar-refractivity contribution in [2.45, 2.75) is 0 Å². The summed E-state index contributed by atoms with van der Waals surface area (Å²) in [6.07, 6.45) is 4.54. The number of benzene rings is 1. The van der Waals surface area contributed by atoms with Crippen LogP contribution >= 0.6 is 23.2 Å². The molecule has 0 fully saturated rings. The molecule has 3 aromatic rings. The Morgan fingerprint density at radius 2 is 1.88 bits per heavy atom. The molecule has 0 aliphatic heterocycles. The molecule has 7 heteroatoms. The minimum Gasteiger partial charge on any atom is -0.437 e. The molecule has 0 spiro atoms. The van der Waals surface area contributed by atoms with Crippen molar-refractivity contribution < 1.29 is 9.53 Å². The Morgan fingerprint density at radius 1 is 1.00 bits per heavy atom. The van der Waals surface area contributed by atoms with Gasteiger partial charge in [0.2, 0.25) is 5.88 Å². The number of aromatic nitrogens is 2. The summed E-state index contributed by atoms with van der Waals surface area (Å²) >= 11 is 11.7. The second-order valence-corrected chi connectivity index (χ2v) is 5.66. The molecule has 0 aliphatic rings. The van der Waals surface area contributed by atoms with Gasteiger partial charge in [-0.15, -0.1) is 0 Å². The maximum atomic E-state index is 12.1. The summed E-state index contributed by atoms with van der Waals surface area (Å²) in [6.45, 7) is 0. The molecular formula is C17H11Cl2N3O2. The number of carbonyl (C=O) groups is 1. The molecule has 0 radical (unpaired) electrons. The lowest BCUT2D eigenvalue weighted by atomic mass is 10.2. The third-order valence-corrected chi connectivity index (χ3v) is 3.43. The van der Waals surface area contributed by atoms with Gasteiger partial charge in [-0.2, -0.15) is 0 Å². The average Bonchev–Trinajstić information content (AvgIpc) is 2.57. The van der Waals surface area contributed by atoms with Crippen molar-refractivity contribution in [2.24, 2.45) is 0 Å². The van der Waals surface area contributed by atoms with Crippen LogP contribution < -0.4 is 10.1 Å². The van der Waals surface area contributed by atoms with Gasteiger partial charge < -0.3 is 10.1 Å². The Hall–Kier alpha value is -2.63. The standard InChI is InChI=1S/C17H11Cl2N3O2/c18-12-3-1-2-11(6-12)17(23)22-14-4-5-16(21-9-14)24-15-7-13(19)8-20-10-15/h1-10H,(H,22,23). The summed E-state index contributed by atoms with van der Waals surface area (Å²) in [5.74, 6) is 0.567. The van der Waals surface area contributed by atoms with E-state index in [4.69, 9.17) is 27.9 Å². The van der Waals surface area contributed by atoms with Crippen LogP contribution in [-0.4, -0.2) is 15.9 Å². The first-order chi connectivity index (χ1) is 11.6. The largest absolute Gasteiger partial charge is 0.437 e. The van der Waals surface area contributed by atoms with E-state index in [1.165, 1.54) is 18.6 Å². The topological polar surface area (TPSA) is 64.1 Å². The minimum atomic E-state index is -0.271. The number of amides is 1. The zero-order valence-electron chi connectivity index (χ0n) is 12.2. The van der Waals surface area contributed by atoms with Crippen LogP contribution in [0.3, 0.4) is 0 Å². The van der Waals surface area contributed by atoms with E-state index in [1.807, 2.05) is 0 Å². The molecule has 0 saturated heterocycles. The van der Waals surface area contributed by atoms with Gasteiger partial charge in [-0.3, -0.25) is 9.78 Å². The molecule has 0 atom stereocenters. The van der Waals surface area contributed by atoms with E-state index in [0.29, 0.717) is 32.9 Å². The van der Waals surface area contributed by atoms with E-state index in [1.54, 1.807) is 42.5 Å². The van der Waals surface area contributed by atoms with Gasteiger partial charge in [-0.05, 0) is 24.3 Å². The Labute approximate surface area is 148 Å². The average molecular weight is 360 g/mol. The molecule has 2 aromatic heterocycles. The van der Waals surface area contributed by atoms with Crippen molar-refractivity contribution in [3.63, 3.8) is 0 Å². The molecule has 2 heterocycles. The number of nitrogens with one attached hydrogen (secondary N) is 1. The van der Waals surface area contributed by atoms with Crippen LogP contribution in [-0.2, 0) is 0 Å². The molecular weight excluding hydrogens is 349 g/mol. The number of hydrogen-bond donors (Lipinski definition) is 1. The highest BCUT2D eigenvalue weighted by atomic mass is 35.5. The molecule has 0 unspecified atom stereocenters. The number of nitrogens with zero attached hydrogens (tertiary/aromatic N) is 2. The van der Waals surface area contributed by atoms with Crippen LogP contribution in [0.1, 0.15) is 10.4 Å². The number of carbonyl (C=O) groups excluding carboxylic acids is 1. The summed E-state index contributed by atoms with van der Waals surface area (Å²) in [7, 11) is 0. The van der Waals surface area contributed by atoms with Crippen molar-refractivity contribution in [3.05, 3.63) is 76.7 Å². The predicted octanol–water partition coefficient (Wildman–Crippen LogP) is 4.83. The lowest BCUT2D eigenvalue weighted by molar-refractivity contribution is 0.102. The molecule has 0 aliphatic carbocycles. The summed E-state index contributed by atoms with van der Waals surface area (Å²) in [5.41, 5.74) is 1.00. The Kier molecular flexibility index (Phi) is 4.93. The first-order valence-corrected chi connectivity index (χ1v) is 7.67. The molecule has 0 saturated carbocycles. The van der Waals surface area contributed by atoms with Crippen LogP contribution in [0.25, 0.3) is 0 Å². The Balaban J connectivity index is 1.67. The summed E-state index contributed by atoms with van der Waals surface area (Å²) in [5, 5.41) is 3.71. The van der Waals surface area contributed by atoms with Crippen molar-refractivity contribution in [1.82, 2.24) is 9.97 Å². The zero-order chi connectivity index (χ0) is 16.9. The highest BCUT2D eigenvalue weighted by Gasteiger charge is 2.07. The van der Waals surface area contributed by atoms with Gasteiger partial charge in [-0.25, -0.2) is 4.98 Å². The van der Waals surface area contributed by atoms with Gasteiger partial charge in [0, 0.05) is 28.9 Å². The maximum Gasteiger partial charge on any atom is 0.255 e. The lowest BCUT2D eigenvalue weighted by Gasteiger charge is -2.07. The fourth-order valence-electron chi connectivity index (χ4n) is 1.92. The van der Waals surface area contributed by atoms with E-state index in [0.717, 1.165) is 0 Å². The van der Waals surface area contributed by atoms with Gasteiger partial charge in [0.1, 0.15) is 5.75 Å². The van der Waals surface area contributed by atoms with Crippen molar-refractivity contribution in [3.8, 4) is 11.6 Å². The van der Waals surface area contributed by atoms with E-state index in [-0.39, 0.29) is 5.91 Å². The molecule has 3 rings (SSSR count). The molecule has 24 heavy (non-hydrogen) atoms. The summed E-state index contributed by atoms with van der Waals surface area (Å²) < 4.78 is 5.53. The molecule has 5 nitrogen and oxygen atoms in total. The highest BCUT2D eigenvalue weighted by molar-refractivity contribution is 6.31. The van der Waals surface area contributed by atoms with Crippen LogP contribution in [0.2, 0.25) is 10.0 Å². The van der Waals surface area contributed by atoms with Crippen LogP contribution in [0.4, 0.5) is 5.69 Å². The number of halogens is 2. The number of ether oxygens (including phenoxy) is 1. The van der Waals surface area contributed by atoms with Crippen molar-refractivity contribution >= 4 is 34.8 Å². The monoisotopic (exact) mass is 359 g/mol. The van der Waals surface area contributed by atoms with E-state index in [9.17, 15) is 4.79 Å². The van der Waals surface area contributed by atoms with Crippen molar-refractivity contribution in [2.75, 3.05) is 5.32 Å². The van der Waals surface area contributed by atoms with Gasteiger partial charge in [0.05, 0.1) is 23.1 Å². The predicted molar refractivity (Wildman–Crippen MR) is 93.0 cm³/mol. The SMILES string of the molecule is O=C(Nc1ccc(Oc2cncc(Cl)c2)nc1)c1cccc(Cl)c1. The molecule has 1 N–H and O–H groups in total. The first-order valence-electron chi connectivity index (χ1n) is 6.91. The van der Waals surface area contributed by atoms with Gasteiger partial charge in [0.15, 0.2) is 0 Å². The van der Waals surface area contributed by atoms with E-state index < -0.39 is 0 Å². The maximum absolute atomic E-state index is 12.1. The smallest absolute Gasteiger partial charge is 0.255 e. The first kappa shape index (κ1) is 16.2. The number of anilines is 1. The zero-order valence-corrected chi connectivity index (χ0v) is 13.8. The van der Waals surface area contributed by atoms with E-state index >= 15 is 0 Å². The fraction of sp³-hybridized carbons (Fsp3) is 0. The summed E-state index contributed by atoms with van der Waals surface area (Å²) in [4.78, 5) is 20.2. The molecule has 1 amide bonds. The van der Waals surface area contributed by atoms with Gasteiger partial charge >= 0.3 is 0 Å². The molecule has 0 bridgehead atoms. The Morgan fingerprint density at radius 3 is 2.58 bits per heavy atom. The second-order valence-electron chi connectivity index (χ2n) is 4.79. The third kappa shape index (κ3) is 4.22. The minimum absolute atomic E-state index is 0.271. The third-order valence-electron chi connectivity index (χ3n) is 2.98.